The molecule has 0 N–H and O–H groups in total. The zero-order chi connectivity index (χ0) is 17.8. The third-order valence-electron chi connectivity index (χ3n) is 3.94. The second-order valence-electron chi connectivity index (χ2n) is 5.14. The van der Waals surface area contributed by atoms with Crippen molar-refractivity contribution in [3.63, 3.8) is 0 Å². The van der Waals surface area contributed by atoms with Crippen LogP contribution in [0, 0.1) is 0 Å². The molecular formula is C18H20Cl2O4. The number of methoxy groups -OCH3 is 4. The van der Waals surface area contributed by atoms with Crippen molar-refractivity contribution in [1.29, 1.82) is 0 Å². The molecule has 1 aliphatic carbocycles. The number of ether oxygens (including phenoxy) is 4. The minimum absolute atomic E-state index is 0.591. The molecule has 0 saturated heterocycles. The highest BCUT2D eigenvalue weighted by molar-refractivity contribution is 6.34. The Hall–Kier alpha value is -1.14. The molecule has 0 radical (unpaired) electrons. The molecule has 0 unspecified atom stereocenters. The molecule has 0 heterocycles. The third kappa shape index (κ3) is 3.75. The third-order valence-corrected chi connectivity index (χ3v) is 4.52. The lowest BCUT2D eigenvalue weighted by Gasteiger charge is -2.37. The highest BCUT2D eigenvalue weighted by atomic mass is 35.5. The van der Waals surface area contributed by atoms with Gasteiger partial charge < -0.3 is 18.9 Å². The Morgan fingerprint density at radius 1 is 0.875 bits per heavy atom. The molecule has 1 aliphatic rings. The Morgan fingerprint density at radius 2 is 1.54 bits per heavy atom. The molecule has 0 spiro atoms. The van der Waals surface area contributed by atoms with Crippen molar-refractivity contribution < 1.29 is 18.9 Å². The van der Waals surface area contributed by atoms with E-state index in [0.29, 0.717) is 15.6 Å². The van der Waals surface area contributed by atoms with Gasteiger partial charge in [-0.05, 0) is 42.0 Å². The molecule has 0 atom stereocenters. The number of hydrogen-bond acceptors (Lipinski definition) is 4. The van der Waals surface area contributed by atoms with Gasteiger partial charge in [-0.1, -0.05) is 35.4 Å². The van der Waals surface area contributed by atoms with E-state index >= 15 is 0 Å². The molecule has 1 aromatic carbocycles. The first-order chi connectivity index (χ1) is 11.4. The summed E-state index contributed by atoms with van der Waals surface area (Å²) in [4.78, 5) is 0. The van der Waals surface area contributed by atoms with Gasteiger partial charge in [0, 0.05) is 44.1 Å². The van der Waals surface area contributed by atoms with Gasteiger partial charge in [0.1, 0.15) is 0 Å². The van der Waals surface area contributed by atoms with E-state index < -0.39 is 11.6 Å². The zero-order valence-electron chi connectivity index (χ0n) is 14.0. The van der Waals surface area contributed by atoms with Gasteiger partial charge in [-0.3, -0.25) is 0 Å². The molecule has 2 rings (SSSR count). The van der Waals surface area contributed by atoms with Crippen LogP contribution in [-0.2, 0) is 18.9 Å². The van der Waals surface area contributed by atoms with E-state index in [-0.39, 0.29) is 0 Å². The van der Waals surface area contributed by atoms with E-state index in [9.17, 15) is 0 Å². The number of halogens is 2. The van der Waals surface area contributed by atoms with E-state index in [0.717, 1.165) is 5.56 Å². The standard InChI is InChI=1S/C18H20Cl2O4/c1-21-17(22-2)9-10-18(23-3,24-4)14(12-17)6-5-13-11-15(19)7-8-16(13)20/h5-12H,1-4H3/b6-5+. The lowest BCUT2D eigenvalue weighted by atomic mass is 9.94. The van der Waals surface area contributed by atoms with E-state index in [1.165, 1.54) is 0 Å². The van der Waals surface area contributed by atoms with Gasteiger partial charge in [-0.15, -0.1) is 0 Å². The topological polar surface area (TPSA) is 36.9 Å². The summed E-state index contributed by atoms with van der Waals surface area (Å²) in [6.07, 6.45) is 8.95. The fourth-order valence-corrected chi connectivity index (χ4v) is 2.83. The van der Waals surface area contributed by atoms with Crippen molar-refractivity contribution in [2.75, 3.05) is 28.4 Å². The summed E-state index contributed by atoms with van der Waals surface area (Å²) in [6.45, 7) is 0. The number of benzene rings is 1. The molecule has 6 heteroatoms. The fraction of sp³-hybridized carbons (Fsp3) is 0.333. The molecule has 0 amide bonds. The van der Waals surface area contributed by atoms with Crippen LogP contribution in [0.3, 0.4) is 0 Å². The zero-order valence-corrected chi connectivity index (χ0v) is 15.5. The Balaban J connectivity index is 2.47. The smallest absolute Gasteiger partial charge is 0.214 e. The summed E-state index contributed by atoms with van der Waals surface area (Å²) < 4.78 is 22.0. The minimum Gasteiger partial charge on any atom is -0.346 e. The molecule has 0 aliphatic heterocycles. The summed E-state index contributed by atoms with van der Waals surface area (Å²) in [5, 5.41) is 1.19. The van der Waals surface area contributed by atoms with E-state index in [4.69, 9.17) is 42.1 Å². The summed E-state index contributed by atoms with van der Waals surface area (Å²) in [7, 11) is 6.25. The lowest BCUT2D eigenvalue weighted by Crippen LogP contribution is -2.41. The number of rotatable bonds is 6. The summed E-state index contributed by atoms with van der Waals surface area (Å²) in [5.74, 6) is -2.03. The first kappa shape index (κ1) is 19.2. The molecule has 4 nitrogen and oxygen atoms in total. The van der Waals surface area contributed by atoms with Crippen LogP contribution in [0.2, 0.25) is 10.0 Å². The van der Waals surface area contributed by atoms with Gasteiger partial charge in [-0.2, -0.15) is 0 Å². The monoisotopic (exact) mass is 370 g/mol. The molecule has 0 saturated carbocycles. The summed E-state index contributed by atoms with van der Waals surface area (Å²) in [5.41, 5.74) is 1.48. The van der Waals surface area contributed by atoms with Gasteiger partial charge in [0.05, 0.1) is 0 Å². The van der Waals surface area contributed by atoms with Crippen molar-refractivity contribution in [1.82, 2.24) is 0 Å². The molecule has 0 bridgehead atoms. The van der Waals surface area contributed by atoms with Crippen molar-refractivity contribution in [2.24, 2.45) is 0 Å². The van der Waals surface area contributed by atoms with Crippen molar-refractivity contribution >= 4 is 29.3 Å². The Morgan fingerprint density at radius 3 is 2.12 bits per heavy atom. The summed E-state index contributed by atoms with van der Waals surface area (Å²) in [6, 6.07) is 5.26. The quantitative estimate of drug-likeness (QED) is 0.546. The molecule has 130 valence electrons. The van der Waals surface area contributed by atoms with Gasteiger partial charge in [0.15, 0.2) is 0 Å². The highest BCUT2D eigenvalue weighted by Gasteiger charge is 2.39. The Bertz CT molecular complexity index is 672. The second kappa shape index (κ2) is 7.83. The minimum atomic E-state index is -1.04. The van der Waals surface area contributed by atoms with E-state index in [1.807, 2.05) is 12.2 Å². The van der Waals surface area contributed by atoms with Crippen LogP contribution in [0.1, 0.15) is 5.56 Å². The van der Waals surface area contributed by atoms with Crippen LogP contribution in [0.4, 0.5) is 0 Å². The average Bonchev–Trinajstić information content (AvgIpc) is 2.62. The molecular weight excluding hydrogens is 351 g/mol. The Labute approximate surface area is 152 Å². The maximum atomic E-state index is 6.21. The van der Waals surface area contributed by atoms with Crippen LogP contribution < -0.4 is 0 Å². The SMILES string of the molecule is COC1(OC)C=CC(OC)(OC)C(/C=C/c2cc(Cl)ccc2Cl)=C1. The average molecular weight is 371 g/mol. The van der Waals surface area contributed by atoms with E-state index in [1.54, 1.807) is 64.9 Å². The molecule has 0 fully saturated rings. The van der Waals surface area contributed by atoms with Crippen molar-refractivity contribution in [2.45, 2.75) is 11.6 Å². The van der Waals surface area contributed by atoms with Crippen molar-refractivity contribution in [3.05, 3.63) is 63.7 Å². The van der Waals surface area contributed by atoms with Crippen molar-refractivity contribution in [3.8, 4) is 0 Å². The first-order valence-electron chi connectivity index (χ1n) is 7.21. The predicted molar refractivity (Wildman–Crippen MR) is 96.2 cm³/mol. The van der Waals surface area contributed by atoms with Gasteiger partial charge >= 0.3 is 0 Å². The van der Waals surface area contributed by atoms with Gasteiger partial charge in [-0.25, -0.2) is 0 Å². The van der Waals surface area contributed by atoms with Crippen LogP contribution in [-0.4, -0.2) is 40.0 Å². The van der Waals surface area contributed by atoms with Gasteiger partial charge in [0.25, 0.3) is 0 Å². The second-order valence-corrected chi connectivity index (χ2v) is 5.98. The van der Waals surface area contributed by atoms with Crippen LogP contribution in [0.25, 0.3) is 6.08 Å². The van der Waals surface area contributed by atoms with E-state index in [2.05, 4.69) is 0 Å². The van der Waals surface area contributed by atoms with Gasteiger partial charge in [0.2, 0.25) is 11.6 Å². The van der Waals surface area contributed by atoms with Crippen LogP contribution in [0.5, 0.6) is 0 Å². The highest BCUT2D eigenvalue weighted by Crippen LogP contribution is 2.35. The van der Waals surface area contributed by atoms with Crippen LogP contribution in [0.15, 0.2) is 48.1 Å². The summed E-state index contributed by atoms with van der Waals surface area (Å²) >= 11 is 12.2. The predicted octanol–water partition coefficient (Wildman–Crippen LogP) is 4.48. The fourth-order valence-electron chi connectivity index (χ4n) is 2.47. The largest absolute Gasteiger partial charge is 0.346 e. The molecule has 0 aromatic heterocycles. The maximum Gasteiger partial charge on any atom is 0.214 e. The molecule has 24 heavy (non-hydrogen) atoms. The Kier molecular flexibility index (Phi) is 6.26. The van der Waals surface area contributed by atoms with Crippen LogP contribution >= 0.6 is 23.2 Å². The normalized spacial score (nSPS) is 18.8. The molecule has 1 aromatic rings. The lowest BCUT2D eigenvalue weighted by molar-refractivity contribution is -0.164. The maximum absolute atomic E-state index is 6.21. The number of hydrogen-bond donors (Lipinski definition) is 0. The first-order valence-corrected chi connectivity index (χ1v) is 7.97.